The minimum atomic E-state index is -3.71. The second-order valence-electron chi connectivity index (χ2n) is 4.91. The fraction of sp³-hybridized carbons (Fsp3) is 0.286. The fourth-order valence-corrected chi connectivity index (χ4v) is 3.27. The van der Waals surface area contributed by atoms with Gasteiger partial charge in [0, 0.05) is 39.2 Å². The number of aromatic nitrogens is 2. The molecule has 0 aliphatic heterocycles. The maximum atomic E-state index is 12.4. The smallest absolute Gasteiger partial charge is 0.352 e. The van der Waals surface area contributed by atoms with Crippen molar-refractivity contribution in [3.8, 4) is 0 Å². The number of aromatic carboxylic acids is 1. The summed E-state index contributed by atoms with van der Waals surface area (Å²) in [6.45, 7) is 0.295. The second-order valence-corrected chi connectivity index (χ2v) is 6.95. The maximum absolute atomic E-state index is 12.4. The number of pyridine rings is 1. The molecule has 0 amide bonds. The highest BCUT2D eigenvalue weighted by Crippen LogP contribution is 2.18. The lowest BCUT2D eigenvalue weighted by Crippen LogP contribution is -2.28. The summed E-state index contributed by atoms with van der Waals surface area (Å²) in [5, 5.41) is 9.00. The van der Waals surface area contributed by atoms with Gasteiger partial charge in [-0.25, -0.2) is 17.5 Å². The zero-order valence-electron chi connectivity index (χ0n) is 12.3. The van der Waals surface area contributed by atoms with Crippen LogP contribution in [0.25, 0.3) is 0 Å². The standard InChI is InChI=1S/C14H17N3O4S/c1-16-10-12(9-13(16)14(18)19)22(20,21)17(2)8-5-11-3-6-15-7-4-11/h3-4,6-7,9-10H,5,8H2,1-2H3,(H,18,19). The first-order valence-corrected chi connectivity index (χ1v) is 8.01. The third-order valence-corrected chi connectivity index (χ3v) is 5.19. The molecule has 0 bridgehead atoms. The van der Waals surface area contributed by atoms with Crippen LogP contribution in [0.1, 0.15) is 16.1 Å². The molecule has 0 atom stereocenters. The van der Waals surface area contributed by atoms with Gasteiger partial charge in [-0.1, -0.05) is 0 Å². The van der Waals surface area contributed by atoms with Crippen LogP contribution in [0, 0.1) is 0 Å². The van der Waals surface area contributed by atoms with Crippen LogP contribution in [-0.4, -0.2) is 46.9 Å². The summed E-state index contributed by atoms with van der Waals surface area (Å²) in [5.41, 5.74) is 0.914. The monoisotopic (exact) mass is 323 g/mol. The van der Waals surface area contributed by atoms with Crippen LogP contribution < -0.4 is 0 Å². The topological polar surface area (TPSA) is 92.5 Å². The number of hydrogen-bond acceptors (Lipinski definition) is 4. The number of carbonyl (C=O) groups is 1. The van der Waals surface area contributed by atoms with E-state index in [0.29, 0.717) is 13.0 Å². The van der Waals surface area contributed by atoms with E-state index in [-0.39, 0.29) is 10.6 Å². The molecule has 1 N–H and O–H groups in total. The molecule has 0 fully saturated rings. The first kappa shape index (κ1) is 16.2. The summed E-state index contributed by atoms with van der Waals surface area (Å²) in [6, 6.07) is 4.82. The number of carboxylic acids is 1. The Hall–Kier alpha value is -2.19. The first-order valence-electron chi connectivity index (χ1n) is 6.57. The summed E-state index contributed by atoms with van der Waals surface area (Å²) < 4.78 is 27.4. The van der Waals surface area contributed by atoms with E-state index in [9.17, 15) is 13.2 Å². The molecule has 2 rings (SSSR count). The molecule has 7 nitrogen and oxygen atoms in total. The molecule has 22 heavy (non-hydrogen) atoms. The van der Waals surface area contributed by atoms with Crippen LogP contribution in [-0.2, 0) is 23.5 Å². The highest BCUT2D eigenvalue weighted by molar-refractivity contribution is 7.89. The molecule has 8 heteroatoms. The predicted molar refractivity (Wildman–Crippen MR) is 80.1 cm³/mol. The lowest BCUT2D eigenvalue weighted by molar-refractivity contribution is 0.0686. The molecular weight excluding hydrogens is 306 g/mol. The van der Waals surface area contributed by atoms with Crippen molar-refractivity contribution < 1.29 is 18.3 Å². The van der Waals surface area contributed by atoms with Gasteiger partial charge in [-0.15, -0.1) is 0 Å². The highest BCUT2D eigenvalue weighted by atomic mass is 32.2. The Balaban J connectivity index is 2.15. The average molecular weight is 323 g/mol. The van der Waals surface area contributed by atoms with Gasteiger partial charge in [-0.3, -0.25) is 4.98 Å². The SMILES string of the molecule is CN(CCc1ccncc1)S(=O)(=O)c1cc(C(=O)O)n(C)c1. The Labute approximate surface area is 128 Å². The molecular formula is C14H17N3O4S. The number of sulfonamides is 1. The van der Waals surface area contributed by atoms with E-state index >= 15 is 0 Å². The summed E-state index contributed by atoms with van der Waals surface area (Å²) in [7, 11) is -0.735. The number of nitrogens with zero attached hydrogens (tertiary/aromatic N) is 3. The number of aryl methyl sites for hydroxylation is 1. The quantitative estimate of drug-likeness (QED) is 0.855. The van der Waals surface area contributed by atoms with E-state index in [4.69, 9.17) is 5.11 Å². The minimum absolute atomic E-state index is 0.0235. The van der Waals surface area contributed by atoms with Crippen molar-refractivity contribution in [2.24, 2.45) is 7.05 Å². The molecule has 0 saturated carbocycles. The van der Waals surface area contributed by atoms with Gasteiger partial charge in [0.25, 0.3) is 0 Å². The molecule has 2 heterocycles. The molecule has 0 radical (unpaired) electrons. The van der Waals surface area contributed by atoms with Gasteiger partial charge in [0.2, 0.25) is 10.0 Å². The molecule has 0 spiro atoms. The van der Waals surface area contributed by atoms with Gasteiger partial charge in [0.1, 0.15) is 10.6 Å². The molecule has 118 valence electrons. The number of rotatable bonds is 6. The van der Waals surface area contributed by atoms with Crippen molar-refractivity contribution in [1.82, 2.24) is 13.9 Å². The van der Waals surface area contributed by atoms with Gasteiger partial charge in [0.15, 0.2) is 0 Å². The van der Waals surface area contributed by atoms with Crippen LogP contribution in [0.3, 0.4) is 0 Å². The summed E-state index contributed by atoms with van der Waals surface area (Å²) >= 11 is 0. The Morgan fingerprint density at radius 3 is 2.55 bits per heavy atom. The number of carboxylic acid groups (broad SMARTS) is 1. The number of likely N-dealkylation sites (N-methyl/N-ethyl adjacent to an activating group) is 1. The zero-order valence-corrected chi connectivity index (χ0v) is 13.1. The van der Waals surface area contributed by atoms with Crippen molar-refractivity contribution in [1.29, 1.82) is 0 Å². The molecule has 0 aromatic carbocycles. The molecule has 0 unspecified atom stereocenters. The summed E-state index contributed by atoms with van der Waals surface area (Å²) in [5.74, 6) is -1.16. The van der Waals surface area contributed by atoms with Crippen LogP contribution in [0.5, 0.6) is 0 Å². The Morgan fingerprint density at radius 1 is 1.36 bits per heavy atom. The molecule has 0 aliphatic carbocycles. The largest absolute Gasteiger partial charge is 0.477 e. The molecule has 2 aromatic rings. The van der Waals surface area contributed by atoms with E-state index in [1.54, 1.807) is 12.4 Å². The first-order chi connectivity index (χ1) is 10.3. The molecule has 2 aromatic heterocycles. The molecule has 0 saturated heterocycles. The van der Waals surface area contributed by atoms with Crippen molar-refractivity contribution in [3.05, 3.63) is 48.0 Å². The van der Waals surface area contributed by atoms with Crippen molar-refractivity contribution in [3.63, 3.8) is 0 Å². The minimum Gasteiger partial charge on any atom is -0.477 e. The van der Waals surface area contributed by atoms with Gasteiger partial charge in [-0.05, 0) is 30.2 Å². The van der Waals surface area contributed by atoms with E-state index < -0.39 is 16.0 Å². The van der Waals surface area contributed by atoms with Gasteiger partial charge >= 0.3 is 5.97 Å². The van der Waals surface area contributed by atoms with E-state index in [1.807, 2.05) is 12.1 Å². The van der Waals surface area contributed by atoms with Crippen molar-refractivity contribution in [2.45, 2.75) is 11.3 Å². The Bertz CT molecular complexity index is 769. The zero-order chi connectivity index (χ0) is 16.3. The maximum Gasteiger partial charge on any atom is 0.352 e. The summed E-state index contributed by atoms with van der Waals surface area (Å²) in [6.07, 6.45) is 5.17. The van der Waals surface area contributed by atoms with Crippen LogP contribution >= 0.6 is 0 Å². The Morgan fingerprint density at radius 2 is 2.00 bits per heavy atom. The van der Waals surface area contributed by atoms with E-state index in [2.05, 4.69) is 4.98 Å². The molecule has 0 aliphatic rings. The third-order valence-electron chi connectivity index (χ3n) is 3.37. The highest BCUT2D eigenvalue weighted by Gasteiger charge is 2.24. The van der Waals surface area contributed by atoms with Gasteiger partial charge in [-0.2, -0.15) is 0 Å². The van der Waals surface area contributed by atoms with Crippen LogP contribution in [0.4, 0.5) is 0 Å². The lowest BCUT2D eigenvalue weighted by atomic mass is 10.2. The lowest BCUT2D eigenvalue weighted by Gasteiger charge is -2.16. The number of hydrogen-bond donors (Lipinski definition) is 1. The van der Waals surface area contributed by atoms with Gasteiger partial charge < -0.3 is 9.67 Å². The second kappa shape index (κ2) is 6.29. The van der Waals surface area contributed by atoms with Crippen LogP contribution in [0.15, 0.2) is 41.7 Å². The fourth-order valence-electron chi connectivity index (χ4n) is 2.02. The van der Waals surface area contributed by atoms with E-state index in [1.165, 1.54) is 35.2 Å². The van der Waals surface area contributed by atoms with Crippen molar-refractivity contribution in [2.75, 3.05) is 13.6 Å². The van der Waals surface area contributed by atoms with Crippen molar-refractivity contribution >= 4 is 16.0 Å². The predicted octanol–water partition coefficient (Wildman–Crippen LogP) is 0.981. The van der Waals surface area contributed by atoms with E-state index in [0.717, 1.165) is 5.56 Å². The normalized spacial score (nSPS) is 11.8. The van der Waals surface area contributed by atoms with Gasteiger partial charge in [0.05, 0.1) is 0 Å². The average Bonchev–Trinajstić information content (AvgIpc) is 2.88. The third kappa shape index (κ3) is 3.34. The van der Waals surface area contributed by atoms with Crippen LogP contribution in [0.2, 0.25) is 0 Å². The summed E-state index contributed by atoms with van der Waals surface area (Å²) in [4.78, 5) is 14.9. The Kier molecular flexibility index (Phi) is 4.62.